The van der Waals surface area contributed by atoms with Gasteiger partial charge < -0.3 is 0 Å². The first-order chi connectivity index (χ1) is 7.88. The van der Waals surface area contributed by atoms with E-state index < -0.39 is 0 Å². The third-order valence-electron chi connectivity index (χ3n) is 2.05. The van der Waals surface area contributed by atoms with Crippen LogP contribution in [0.4, 0.5) is 5.69 Å². The molecule has 0 saturated heterocycles. The SMILES string of the molecule is [C-]#[N+]c1ccc(C#Cc2c[c]ccc2)cc1. The molecule has 0 bridgehead atoms. The fourth-order valence-electron chi connectivity index (χ4n) is 1.23. The molecule has 0 aliphatic heterocycles. The van der Waals surface area contributed by atoms with Crippen molar-refractivity contribution in [2.24, 2.45) is 0 Å². The molecule has 0 amide bonds. The Morgan fingerprint density at radius 3 is 2.38 bits per heavy atom. The van der Waals surface area contributed by atoms with Crippen molar-refractivity contribution >= 4 is 5.69 Å². The Kier molecular flexibility index (Phi) is 3.02. The van der Waals surface area contributed by atoms with Crippen LogP contribution in [-0.2, 0) is 0 Å². The minimum absolute atomic E-state index is 0.638. The van der Waals surface area contributed by atoms with Gasteiger partial charge >= 0.3 is 0 Å². The van der Waals surface area contributed by atoms with Gasteiger partial charge in [-0.05, 0) is 18.2 Å². The summed E-state index contributed by atoms with van der Waals surface area (Å²) in [5.41, 5.74) is 2.49. The van der Waals surface area contributed by atoms with Gasteiger partial charge in [0.15, 0.2) is 5.69 Å². The van der Waals surface area contributed by atoms with E-state index in [9.17, 15) is 0 Å². The molecule has 0 aliphatic carbocycles. The van der Waals surface area contributed by atoms with Gasteiger partial charge in [-0.25, -0.2) is 4.85 Å². The molecular formula is C15H8N. The van der Waals surface area contributed by atoms with Gasteiger partial charge in [0.1, 0.15) is 0 Å². The molecule has 1 nitrogen and oxygen atoms in total. The van der Waals surface area contributed by atoms with Crippen molar-refractivity contribution in [2.75, 3.05) is 0 Å². The van der Waals surface area contributed by atoms with Crippen LogP contribution < -0.4 is 0 Å². The molecule has 0 aliphatic rings. The second kappa shape index (κ2) is 4.82. The van der Waals surface area contributed by atoms with E-state index in [1.807, 2.05) is 36.4 Å². The van der Waals surface area contributed by atoms with E-state index >= 15 is 0 Å². The maximum absolute atomic E-state index is 6.84. The van der Waals surface area contributed by atoms with E-state index in [0.29, 0.717) is 5.69 Å². The normalized spacial score (nSPS) is 8.69. The first kappa shape index (κ1) is 10.0. The minimum atomic E-state index is 0.638. The van der Waals surface area contributed by atoms with Gasteiger partial charge in [0.05, 0.1) is 6.57 Å². The van der Waals surface area contributed by atoms with E-state index in [0.717, 1.165) is 11.1 Å². The summed E-state index contributed by atoms with van der Waals surface area (Å²) in [5.74, 6) is 6.08. The lowest BCUT2D eigenvalue weighted by atomic mass is 10.2. The summed E-state index contributed by atoms with van der Waals surface area (Å²) in [5, 5.41) is 0. The van der Waals surface area contributed by atoms with Crippen molar-refractivity contribution < 1.29 is 0 Å². The predicted molar refractivity (Wildman–Crippen MR) is 64.0 cm³/mol. The largest absolute Gasteiger partial charge is 0.238 e. The van der Waals surface area contributed by atoms with Crippen LogP contribution in [0.3, 0.4) is 0 Å². The number of nitrogens with zero attached hydrogens (tertiary/aromatic N) is 1. The molecule has 0 unspecified atom stereocenters. The summed E-state index contributed by atoms with van der Waals surface area (Å²) in [7, 11) is 0. The minimum Gasteiger partial charge on any atom is -0.238 e. The van der Waals surface area contributed by atoms with Crippen molar-refractivity contribution in [1.29, 1.82) is 0 Å². The van der Waals surface area contributed by atoms with Crippen LogP contribution >= 0.6 is 0 Å². The first-order valence-electron chi connectivity index (χ1n) is 4.84. The maximum Gasteiger partial charge on any atom is 0.187 e. The molecule has 0 N–H and O–H groups in total. The van der Waals surface area contributed by atoms with Crippen LogP contribution in [0, 0.1) is 24.5 Å². The molecule has 0 spiro atoms. The summed E-state index contributed by atoms with van der Waals surface area (Å²) < 4.78 is 0. The molecule has 0 heterocycles. The molecule has 0 saturated carbocycles. The maximum atomic E-state index is 6.84. The number of rotatable bonds is 0. The van der Waals surface area contributed by atoms with Crippen molar-refractivity contribution in [2.45, 2.75) is 0 Å². The lowest BCUT2D eigenvalue weighted by Gasteiger charge is -1.90. The van der Waals surface area contributed by atoms with Gasteiger partial charge in [-0.15, -0.1) is 0 Å². The second-order valence-electron chi connectivity index (χ2n) is 3.20. The Balaban J connectivity index is 2.22. The topological polar surface area (TPSA) is 4.36 Å². The summed E-state index contributed by atoms with van der Waals surface area (Å²) in [6.45, 7) is 6.84. The summed E-state index contributed by atoms with van der Waals surface area (Å²) in [6.07, 6.45) is 0. The smallest absolute Gasteiger partial charge is 0.187 e. The van der Waals surface area contributed by atoms with E-state index in [4.69, 9.17) is 6.57 Å². The van der Waals surface area contributed by atoms with Gasteiger partial charge in [0.25, 0.3) is 0 Å². The summed E-state index contributed by atoms with van der Waals surface area (Å²) in [6, 6.07) is 17.8. The molecule has 2 aromatic rings. The Labute approximate surface area is 95.2 Å². The molecule has 2 aromatic carbocycles. The zero-order valence-corrected chi connectivity index (χ0v) is 8.57. The summed E-state index contributed by atoms with van der Waals surface area (Å²) >= 11 is 0. The van der Waals surface area contributed by atoms with Gasteiger partial charge in [-0.2, -0.15) is 0 Å². The first-order valence-corrected chi connectivity index (χ1v) is 4.84. The number of hydrogen-bond donors (Lipinski definition) is 0. The second-order valence-corrected chi connectivity index (χ2v) is 3.20. The van der Waals surface area contributed by atoms with Gasteiger partial charge in [-0.3, -0.25) is 0 Å². The third-order valence-corrected chi connectivity index (χ3v) is 2.05. The van der Waals surface area contributed by atoms with Crippen LogP contribution in [-0.4, -0.2) is 0 Å². The van der Waals surface area contributed by atoms with E-state index in [1.54, 1.807) is 12.1 Å². The molecule has 1 heteroatoms. The van der Waals surface area contributed by atoms with Crippen molar-refractivity contribution in [3.8, 4) is 11.8 Å². The van der Waals surface area contributed by atoms with Crippen molar-refractivity contribution in [1.82, 2.24) is 0 Å². The Morgan fingerprint density at radius 2 is 1.75 bits per heavy atom. The fraction of sp³-hybridized carbons (Fsp3) is 0. The highest BCUT2D eigenvalue weighted by Gasteiger charge is 1.89. The highest BCUT2D eigenvalue weighted by Crippen LogP contribution is 2.11. The van der Waals surface area contributed by atoms with Gasteiger partial charge in [-0.1, -0.05) is 48.2 Å². The molecule has 0 atom stereocenters. The standard InChI is InChI=1S/C15H8N/c1-16-15-11-9-14(10-12-15)8-7-13-5-3-2-4-6-13/h2-3,5-6,9-12H. The number of hydrogen-bond acceptors (Lipinski definition) is 0. The zero-order chi connectivity index (χ0) is 11.2. The van der Waals surface area contributed by atoms with Gasteiger partial charge in [0.2, 0.25) is 0 Å². The van der Waals surface area contributed by atoms with Crippen LogP contribution in [0.15, 0.2) is 48.5 Å². The molecule has 16 heavy (non-hydrogen) atoms. The molecule has 2 rings (SSSR count). The van der Waals surface area contributed by atoms with E-state index in [1.165, 1.54) is 0 Å². The van der Waals surface area contributed by atoms with Crippen LogP contribution in [0.1, 0.15) is 11.1 Å². The number of benzene rings is 2. The van der Waals surface area contributed by atoms with Crippen LogP contribution in [0.2, 0.25) is 0 Å². The van der Waals surface area contributed by atoms with E-state index in [-0.39, 0.29) is 0 Å². The molecule has 0 fully saturated rings. The molecule has 73 valence electrons. The Morgan fingerprint density at radius 1 is 1.00 bits per heavy atom. The lowest BCUT2D eigenvalue weighted by Crippen LogP contribution is -1.74. The molecule has 1 radical (unpaired) electrons. The Hall–Kier alpha value is -2.51. The zero-order valence-electron chi connectivity index (χ0n) is 8.57. The van der Waals surface area contributed by atoms with Crippen LogP contribution in [0.25, 0.3) is 4.85 Å². The van der Waals surface area contributed by atoms with E-state index in [2.05, 4.69) is 22.8 Å². The fourth-order valence-corrected chi connectivity index (χ4v) is 1.23. The highest BCUT2D eigenvalue weighted by molar-refractivity contribution is 5.50. The average molecular weight is 202 g/mol. The van der Waals surface area contributed by atoms with Gasteiger partial charge in [0, 0.05) is 11.1 Å². The monoisotopic (exact) mass is 202 g/mol. The van der Waals surface area contributed by atoms with Crippen LogP contribution in [0.5, 0.6) is 0 Å². The molecular weight excluding hydrogens is 194 g/mol. The summed E-state index contributed by atoms with van der Waals surface area (Å²) in [4.78, 5) is 3.33. The van der Waals surface area contributed by atoms with Crippen molar-refractivity contribution in [3.63, 3.8) is 0 Å². The quantitative estimate of drug-likeness (QED) is 0.455. The predicted octanol–water partition coefficient (Wildman–Crippen LogP) is 3.44. The molecule has 0 aromatic heterocycles. The van der Waals surface area contributed by atoms with Crippen molar-refractivity contribution in [3.05, 3.63) is 77.1 Å². The lowest BCUT2D eigenvalue weighted by molar-refractivity contribution is 1.62. The third kappa shape index (κ3) is 2.50. The highest BCUT2D eigenvalue weighted by atomic mass is 14.6. The Bertz CT molecular complexity index is 563. The average Bonchev–Trinajstić information content (AvgIpc) is 2.38.